The molecule has 0 fully saturated rings. The van der Waals surface area contributed by atoms with E-state index in [1.807, 2.05) is 18.2 Å². The van der Waals surface area contributed by atoms with Gasteiger partial charge in [-0.25, -0.2) is 0 Å². The predicted octanol–water partition coefficient (Wildman–Crippen LogP) is 3.03. The predicted molar refractivity (Wildman–Crippen MR) is 78.3 cm³/mol. The summed E-state index contributed by atoms with van der Waals surface area (Å²) in [4.78, 5) is 0. The third-order valence-corrected chi connectivity index (χ3v) is 3.25. The number of nitrogens with two attached hydrogens (primary N) is 1. The minimum absolute atomic E-state index is 0.128. The second kappa shape index (κ2) is 8.02. The van der Waals surface area contributed by atoms with E-state index in [0.717, 1.165) is 35.8 Å². The quantitative estimate of drug-likeness (QED) is 0.561. The number of hydrogen-bond acceptors (Lipinski definition) is 4. The molecule has 0 aliphatic rings. The van der Waals surface area contributed by atoms with Gasteiger partial charge in [0.2, 0.25) is 0 Å². The molecule has 0 aliphatic heterocycles. The molecule has 0 saturated carbocycles. The fourth-order valence-corrected chi connectivity index (χ4v) is 2.11. The van der Waals surface area contributed by atoms with E-state index < -0.39 is 0 Å². The normalized spacial score (nSPS) is 12.5. The Kier molecular flexibility index (Phi) is 6.67. The van der Waals surface area contributed by atoms with E-state index in [4.69, 9.17) is 15.3 Å². The van der Waals surface area contributed by atoms with Crippen LogP contribution in [0.15, 0.2) is 18.2 Å². The van der Waals surface area contributed by atoms with Crippen LogP contribution in [0.5, 0.6) is 11.5 Å². The Morgan fingerprint density at radius 3 is 2.05 bits per heavy atom. The van der Waals surface area contributed by atoms with Crippen molar-refractivity contribution in [3.8, 4) is 11.5 Å². The molecule has 3 N–H and O–H groups in total. The van der Waals surface area contributed by atoms with Crippen molar-refractivity contribution in [3.63, 3.8) is 0 Å². The van der Waals surface area contributed by atoms with E-state index in [9.17, 15) is 0 Å². The van der Waals surface area contributed by atoms with E-state index in [1.54, 1.807) is 14.2 Å². The lowest BCUT2D eigenvalue weighted by atomic mass is 9.98. The minimum atomic E-state index is 0.128. The van der Waals surface area contributed by atoms with E-state index >= 15 is 0 Å². The lowest BCUT2D eigenvalue weighted by Gasteiger charge is -2.18. The molecule has 19 heavy (non-hydrogen) atoms. The second-order valence-corrected chi connectivity index (χ2v) is 5.19. The summed E-state index contributed by atoms with van der Waals surface area (Å²) in [7, 11) is 3.31. The van der Waals surface area contributed by atoms with Gasteiger partial charge in [0.15, 0.2) is 0 Å². The van der Waals surface area contributed by atoms with Crippen LogP contribution in [0.25, 0.3) is 0 Å². The standard InChI is InChI=1S/C15H26N2O2/c1-11(2)6-5-7-15(17-16)12-8-13(18-3)10-14(9-12)19-4/h8-11,15,17H,5-7,16H2,1-4H3. The fraction of sp³-hybridized carbons (Fsp3) is 0.600. The van der Waals surface area contributed by atoms with Gasteiger partial charge in [-0.2, -0.15) is 0 Å². The molecule has 0 amide bonds. The number of methoxy groups -OCH3 is 2. The smallest absolute Gasteiger partial charge is 0.122 e. The Balaban J connectivity index is 2.78. The Morgan fingerprint density at radius 2 is 1.63 bits per heavy atom. The van der Waals surface area contributed by atoms with Crippen molar-refractivity contribution >= 4 is 0 Å². The molecule has 0 spiro atoms. The number of hydrazine groups is 1. The zero-order chi connectivity index (χ0) is 14.3. The maximum Gasteiger partial charge on any atom is 0.122 e. The molecule has 1 unspecified atom stereocenters. The van der Waals surface area contributed by atoms with Crippen LogP contribution in [-0.4, -0.2) is 14.2 Å². The van der Waals surface area contributed by atoms with Gasteiger partial charge in [0.1, 0.15) is 11.5 Å². The van der Waals surface area contributed by atoms with E-state index in [0.29, 0.717) is 0 Å². The molecular formula is C15H26N2O2. The zero-order valence-corrected chi connectivity index (χ0v) is 12.4. The van der Waals surface area contributed by atoms with Crippen molar-refractivity contribution in [1.82, 2.24) is 5.43 Å². The molecule has 1 aromatic rings. The number of ether oxygens (including phenoxy) is 2. The van der Waals surface area contributed by atoms with Crippen LogP contribution in [-0.2, 0) is 0 Å². The van der Waals surface area contributed by atoms with Crippen LogP contribution in [0.3, 0.4) is 0 Å². The highest BCUT2D eigenvalue weighted by Gasteiger charge is 2.12. The average molecular weight is 266 g/mol. The molecule has 0 aromatic heterocycles. The molecular weight excluding hydrogens is 240 g/mol. The van der Waals surface area contributed by atoms with Gasteiger partial charge in [0.25, 0.3) is 0 Å². The van der Waals surface area contributed by atoms with Gasteiger partial charge < -0.3 is 9.47 Å². The summed E-state index contributed by atoms with van der Waals surface area (Å²) in [6.07, 6.45) is 3.36. The highest BCUT2D eigenvalue weighted by molar-refractivity contribution is 5.39. The molecule has 108 valence electrons. The first-order valence-electron chi connectivity index (χ1n) is 6.79. The molecule has 4 nitrogen and oxygen atoms in total. The van der Waals surface area contributed by atoms with Crippen molar-refractivity contribution in [2.24, 2.45) is 11.8 Å². The van der Waals surface area contributed by atoms with Crippen LogP contribution in [0.1, 0.15) is 44.7 Å². The van der Waals surface area contributed by atoms with Crippen molar-refractivity contribution < 1.29 is 9.47 Å². The molecule has 4 heteroatoms. The van der Waals surface area contributed by atoms with Crippen LogP contribution in [0.2, 0.25) is 0 Å². The molecule has 0 heterocycles. The van der Waals surface area contributed by atoms with Gasteiger partial charge in [-0.05, 0) is 30.0 Å². The SMILES string of the molecule is COc1cc(OC)cc(C(CCCC(C)C)NN)c1. The number of nitrogens with one attached hydrogen (secondary N) is 1. The van der Waals surface area contributed by atoms with E-state index in [2.05, 4.69) is 19.3 Å². The minimum Gasteiger partial charge on any atom is -0.497 e. The molecule has 1 rings (SSSR count). The Hall–Kier alpha value is -1.26. The first-order valence-corrected chi connectivity index (χ1v) is 6.79. The fourth-order valence-electron chi connectivity index (χ4n) is 2.11. The third-order valence-electron chi connectivity index (χ3n) is 3.25. The van der Waals surface area contributed by atoms with Crippen LogP contribution >= 0.6 is 0 Å². The summed E-state index contributed by atoms with van der Waals surface area (Å²) in [5.41, 5.74) is 3.98. The van der Waals surface area contributed by atoms with Gasteiger partial charge in [-0.15, -0.1) is 0 Å². The van der Waals surface area contributed by atoms with Crippen molar-refractivity contribution in [2.75, 3.05) is 14.2 Å². The molecule has 0 bridgehead atoms. The van der Waals surface area contributed by atoms with Gasteiger partial charge in [0, 0.05) is 12.1 Å². The molecule has 0 aliphatic carbocycles. The Bertz CT molecular complexity index is 358. The summed E-state index contributed by atoms with van der Waals surface area (Å²) in [5.74, 6) is 7.97. The zero-order valence-electron chi connectivity index (χ0n) is 12.4. The first-order chi connectivity index (χ1) is 9.10. The second-order valence-electron chi connectivity index (χ2n) is 5.19. The van der Waals surface area contributed by atoms with Gasteiger partial charge >= 0.3 is 0 Å². The summed E-state index contributed by atoms with van der Waals surface area (Å²) < 4.78 is 10.6. The van der Waals surface area contributed by atoms with Gasteiger partial charge in [-0.3, -0.25) is 11.3 Å². The lowest BCUT2D eigenvalue weighted by Crippen LogP contribution is -2.28. The topological polar surface area (TPSA) is 56.5 Å². The van der Waals surface area contributed by atoms with Gasteiger partial charge in [0.05, 0.1) is 14.2 Å². The molecule has 1 atom stereocenters. The number of benzene rings is 1. The summed E-state index contributed by atoms with van der Waals surface area (Å²) in [6, 6.07) is 6.00. The highest BCUT2D eigenvalue weighted by atomic mass is 16.5. The van der Waals surface area contributed by atoms with Crippen LogP contribution in [0.4, 0.5) is 0 Å². The molecule has 0 saturated heterocycles. The maximum atomic E-state index is 5.67. The number of hydrogen-bond donors (Lipinski definition) is 2. The summed E-state index contributed by atoms with van der Waals surface area (Å²) in [5, 5.41) is 0. The lowest BCUT2D eigenvalue weighted by molar-refractivity contribution is 0.389. The van der Waals surface area contributed by atoms with Crippen LogP contribution < -0.4 is 20.7 Å². The van der Waals surface area contributed by atoms with Crippen LogP contribution in [0, 0.1) is 5.92 Å². The third kappa shape index (κ3) is 5.09. The Labute approximate surface area is 116 Å². The van der Waals surface area contributed by atoms with Gasteiger partial charge in [-0.1, -0.05) is 26.7 Å². The first kappa shape index (κ1) is 15.8. The molecule has 1 aromatic carbocycles. The largest absolute Gasteiger partial charge is 0.497 e. The number of rotatable bonds is 8. The van der Waals surface area contributed by atoms with E-state index in [1.165, 1.54) is 6.42 Å². The monoisotopic (exact) mass is 266 g/mol. The van der Waals surface area contributed by atoms with Crippen molar-refractivity contribution in [2.45, 2.75) is 39.2 Å². The maximum absolute atomic E-state index is 5.67. The summed E-state index contributed by atoms with van der Waals surface area (Å²) >= 11 is 0. The average Bonchev–Trinajstić information content (AvgIpc) is 2.42. The Morgan fingerprint density at radius 1 is 1.05 bits per heavy atom. The van der Waals surface area contributed by atoms with Crippen molar-refractivity contribution in [1.29, 1.82) is 0 Å². The highest BCUT2D eigenvalue weighted by Crippen LogP contribution is 2.28. The summed E-state index contributed by atoms with van der Waals surface area (Å²) in [6.45, 7) is 4.47. The van der Waals surface area contributed by atoms with Crippen molar-refractivity contribution in [3.05, 3.63) is 23.8 Å². The van der Waals surface area contributed by atoms with E-state index in [-0.39, 0.29) is 6.04 Å². The molecule has 0 radical (unpaired) electrons.